The van der Waals surface area contributed by atoms with Crippen molar-refractivity contribution in [2.75, 3.05) is 7.05 Å². The zero-order valence-corrected chi connectivity index (χ0v) is 9.29. The van der Waals surface area contributed by atoms with E-state index in [4.69, 9.17) is 10.5 Å². The van der Waals surface area contributed by atoms with E-state index in [2.05, 4.69) is 5.32 Å². The van der Waals surface area contributed by atoms with E-state index < -0.39 is 17.8 Å². The standard InChI is InChI=1S/C11H15FN2O2/c1-7(11(13)15)16-10-8(6-14-2)4-3-5-9(10)12/h3-5,7,14H,6H2,1-2H3,(H2,13,15). The molecule has 0 bridgehead atoms. The van der Waals surface area contributed by atoms with Crippen LogP contribution in [0.15, 0.2) is 18.2 Å². The van der Waals surface area contributed by atoms with Gasteiger partial charge in [0.25, 0.3) is 5.91 Å². The smallest absolute Gasteiger partial charge is 0.258 e. The summed E-state index contributed by atoms with van der Waals surface area (Å²) in [5, 5.41) is 2.89. The van der Waals surface area contributed by atoms with Crippen LogP contribution in [0.2, 0.25) is 0 Å². The molecule has 1 amide bonds. The molecule has 0 aromatic heterocycles. The van der Waals surface area contributed by atoms with Gasteiger partial charge in [0.05, 0.1) is 0 Å². The van der Waals surface area contributed by atoms with E-state index >= 15 is 0 Å². The van der Waals surface area contributed by atoms with E-state index in [9.17, 15) is 9.18 Å². The summed E-state index contributed by atoms with van der Waals surface area (Å²) in [7, 11) is 1.74. The predicted octanol–water partition coefficient (Wildman–Crippen LogP) is 0.798. The van der Waals surface area contributed by atoms with Crippen LogP contribution in [0.1, 0.15) is 12.5 Å². The third-order valence-electron chi connectivity index (χ3n) is 2.11. The van der Waals surface area contributed by atoms with Gasteiger partial charge < -0.3 is 15.8 Å². The molecule has 0 saturated carbocycles. The zero-order valence-electron chi connectivity index (χ0n) is 9.29. The second-order valence-corrected chi connectivity index (χ2v) is 3.42. The number of primary amides is 1. The average molecular weight is 226 g/mol. The lowest BCUT2D eigenvalue weighted by atomic mass is 10.2. The molecule has 0 aliphatic carbocycles. The van der Waals surface area contributed by atoms with Gasteiger partial charge in [0, 0.05) is 12.1 Å². The first-order valence-electron chi connectivity index (χ1n) is 4.94. The first kappa shape index (κ1) is 12.4. The molecule has 16 heavy (non-hydrogen) atoms. The molecule has 0 aliphatic rings. The van der Waals surface area contributed by atoms with Gasteiger partial charge in [0.2, 0.25) is 0 Å². The Labute approximate surface area is 93.6 Å². The van der Waals surface area contributed by atoms with Crippen LogP contribution < -0.4 is 15.8 Å². The van der Waals surface area contributed by atoms with Crippen molar-refractivity contribution in [3.05, 3.63) is 29.6 Å². The zero-order chi connectivity index (χ0) is 12.1. The van der Waals surface area contributed by atoms with Crippen LogP contribution in [0.25, 0.3) is 0 Å². The van der Waals surface area contributed by atoms with Gasteiger partial charge in [-0.3, -0.25) is 4.79 Å². The highest BCUT2D eigenvalue weighted by atomic mass is 19.1. The van der Waals surface area contributed by atoms with E-state index in [1.54, 1.807) is 19.2 Å². The van der Waals surface area contributed by atoms with Gasteiger partial charge in [-0.1, -0.05) is 12.1 Å². The van der Waals surface area contributed by atoms with Gasteiger partial charge in [-0.15, -0.1) is 0 Å². The van der Waals surface area contributed by atoms with Crippen molar-refractivity contribution >= 4 is 5.91 Å². The molecule has 0 saturated heterocycles. The van der Waals surface area contributed by atoms with Crippen molar-refractivity contribution < 1.29 is 13.9 Å². The molecule has 0 radical (unpaired) electrons. The summed E-state index contributed by atoms with van der Waals surface area (Å²) >= 11 is 0. The van der Waals surface area contributed by atoms with Gasteiger partial charge in [0.1, 0.15) is 0 Å². The lowest BCUT2D eigenvalue weighted by Crippen LogP contribution is -2.31. The van der Waals surface area contributed by atoms with Crippen LogP contribution in [0.4, 0.5) is 4.39 Å². The minimum absolute atomic E-state index is 0.0724. The van der Waals surface area contributed by atoms with E-state index in [0.29, 0.717) is 12.1 Å². The molecule has 0 aliphatic heterocycles. The summed E-state index contributed by atoms with van der Waals surface area (Å²) in [5.74, 6) is -1.05. The molecule has 4 nitrogen and oxygen atoms in total. The molecule has 1 aromatic carbocycles. The highest BCUT2D eigenvalue weighted by Gasteiger charge is 2.16. The molecular formula is C11H15FN2O2. The van der Waals surface area contributed by atoms with Crippen molar-refractivity contribution in [2.24, 2.45) is 5.73 Å². The summed E-state index contributed by atoms with van der Waals surface area (Å²) in [4.78, 5) is 10.8. The highest BCUT2D eigenvalue weighted by Crippen LogP contribution is 2.23. The number of para-hydroxylation sites is 1. The molecule has 1 aromatic rings. The summed E-state index contributed by atoms with van der Waals surface area (Å²) in [5.41, 5.74) is 5.70. The molecular weight excluding hydrogens is 211 g/mol. The fourth-order valence-electron chi connectivity index (χ4n) is 1.25. The number of nitrogens with one attached hydrogen (secondary N) is 1. The molecule has 1 atom stereocenters. The Balaban J connectivity index is 2.96. The molecule has 3 N–H and O–H groups in total. The number of carbonyl (C=O) groups excluding carboxylic acids is 1. The largest absolute Gasteiger partial charge is 0.477 e. The van der Waals surface area contributed by atoms with Gasteiger partial charge in [-0.25, -0.2) is 4.39 Å². The van der Waals surface area contributed by atoms with Crippen LogP contribution >= 0.6 is 0 Å². The third-order valence-corrected chi connectivity index (χ3v) is 2.11. The van der Waals surface area contributed by atoms with Gasteiger partial charge >= 0.3 is 0 Å². The quantitative estimate of drug-likeness (QED) is 0.780. The molecule has 1 rings (SSSR count). The Kier molecular flexibility index (Phi) is 4.25. The monoisotopic (exact) mass is 226 g/mol. The Hall–Kier alpha value is -1.62. The van der Waals surface area contributed by atoms with Crippen LogP contribution in [0.3, 0.4) is 0 Å². The van der Waals surface area contributed by atoms with Crippen molar-refractivity contribution in [3.8, 4) is 5.75 Å². The molecule has 88 valence electrons. The maximum absolute atomic E-state index is 13.5. The first-order valence-corrected chi connectivity index (χ1v) is 4.94. The minimum atomic E-state index is -0.854. The maximum Gasteiger partial charge on any atom is 0.258 e. The Morgan fingerprint density at radius 2 is 2.31 bits per heavy atom. The molecule has 0 spiro atoms. The van der Waals surface area contributed by atoms with Crippen LogP contribution in [0.5, 0.6) is 5.75 Å². The summed E-state index contributed by atoms with van der Waals surface area (Å²) in [6.45, 7) is 1.94. The third kappa shape index (κ3) is 2.93. The second-order valence-electron chi connectivity index (χ2n) is 3.42. The molecule has 5 heteroatoms. The summed E-state index contributed by atoms with van der Waals surface area (Å²) in [6, 6.07) is 4.59. The number of hydrogen-bond donors (Lipinski definition) is 2. The van der Waals surface area contributed by atoms with Gasteiger partial charge in [-0.05, 0) is 20.0 Å². The highest BCUT2D eigenvalue weighted by molar-refractivity contribution is 5.78. The number of hydrogen-bond acceptors (Lipinski definition) is 3. The Morgan fingerprint density at radius 1 is 1.62 bits per heavy atom. The number of amides is 1. The van der Waals surface area contributed by atoms with E-state index in [1.807, 2.05) is 0 Å². The lowest BCUT2D eigenvalue weighted by Gasteiger charge is -2.15. The summed E-state index contributed by atoms with van der Waals surface area (Å²) < 4.78 is 18.7. The van der Waals surface area contributed by atoms with Crippen molar-refractivity contribution in [1.82, 2.24) is 5.32 Å². The van der Waals surface area contributed by atoms with Crippen molar-refractivity contribution in [2.45, 2.75) is 19.6 Å². The average Bonchev–Trinajstić information content (AvgIpc) is 2.23. The predicted molar refractivity (Wildman–Crippen MR) is 58.4 cm³/mol. The summed E-state index contributed by atoms with van der Waals surface area (Å²) in [6.07, 6.45) is -0.854. The molecule has 0 heterocycles. The van der Waals surface area contributed by atoms with Crippen LogP contribution in [0, 0.1) is 5.82 Å². The lowest BCUT2D eigenvalue weighted by molar-refractivity contribution is -0.124. The van der Waals surface area contributed by atoms with Crippen LogP contribution in [-0.4, -0.2) is 19.1 Å². The number of ether oxygens (including phenoxy) is 1. The van der Waals surface area contributed by atoms with Crippen molar-refractivity contribution in [3.63, 3.8) is 0 Å². The SMILES string of the molecule is CNCc1cccc(F)c1OC(C)C(N)=O. The van der Waals surface area contributed by atoms with Gasteiger partial charge in [-0.2, -0.15) is 0 Å². The second kappa shape index (κ2) is 5.46. The van der Waals surface area contributed by atoms with E-state index in [-0.39, 0.29) is 5.75 Å². The van der Waals surface area contributed by atoms with Crippen LogP contribution in [-0.2, 0) is 11.3 Å². The van der Waals surface area contributed by atoms with Crippen molar-refractivity contribution in [1.29, 1.82) is 0 Å². The number of nitrogens with two attached hydrogens (primary N) is 1. The maximum atomic E-state index is 13.5. The normalized spacial score (nSPS) is 12.2. The topological polar surface area (TPSA) is 64.3 Å². The van der Waals surface area contributed by atoms with E-state index in [1.165, 1.54) is 13.0 Å². The number of rotatable bonds is 5. The fourth-order valence-corrected chi connectivity index (χ4v) is 1.25. The number of halogens is 1. The minimum Gasteiger partial charge on any atom is -0.477 e. The molecule has 1 unspecified atom stereocenters. The Bertz CT molecular complexity index is 382. The first-order chi connectivity index (χ1) is 7.56. The van der Waals surface area contributed by atoms with E-state index in [0.717, 1.165) is 0 Å². The fraction of sp³-hybridized carbons (Fsp3) is 0.364. The van der Waals surface area contributed by atoms with Gasteiger partial charge in [0.15, 0.2) is 17.7 Å². The number of carbonyl (C=O) groups is 1. The number of benzene rings is 1. The molecule has 0 fully saturated rings. The Morgan fingerprint density at radius 3 is 2.88 bits per heavy atom.